The number of aliphatic hydroxyl groups is 1. The Morgan fingerprint density at radius 3 is 2.43 bits per heavy atom. The van der Waals surface area contributed by atoms with E-state index in [9.17, 15) is 19.5 Å². The average molecular weight is 685 g/mol. The number of carbonyl (C=O) groups is 3. The number of alkyl halides is 1. The molecule has 10 heteroatoms. The number of anilines is 1. The van der Waals surface area contributed by atoms with Gasteiger partial charge in [-0.05, 0) is 49.1 Å². The van der Waals surface area contributed by atoms with Crippen molar-refractivity contribution in [1.82, 2.24) is 9.80 Å². The maximum Gasteiger partial charge on any atom is 0.253 e. The maximum absolute atomic E-state index is 14.9. The zero-order chi connectivity index (χ0) is 31.6. The lowest BCUT2D eigenvalue weighted by atomic mass is 9.70. The van der Waals surface area contributed by atoms with Crippen LogP contribution in [-0.2, 0) is 25.5 Å². The largest absolute Gasteiger partial charge is 0.394 e. The van der Waals surface area contributed by atoms with Gasteiger partial charge in [0.05, 0.1) is 30.6 Å². The molecule has 0 radical (unpaired) electrons. The number of ether oxygens (including phenoxy) is 1. The molecule has 3 unspecified atom stereocenters. The predicted octanol–water partition coefficient (Wildman–Crippen LogP) is 4.64. The molecule has 1 N–H and O–H groups in total. The Hall–Kier alpha value is -2.98. The summed E-state index contributed by atoms with van der Waals surface area (Å²) in [5.41, 5.74) is 0.234. The normalized spacial score (nSPS) is 27.6. The Kier molecular flexibility index (Phi) is 9.99. The van der Waals surface area contributed by atoms with Crippen molar-refractivity contribution in [3.05, 3.63) is 90.5 Å². The van der Waals surface area contributed by atoms with E-state index in [4.69, 9.17) is 16.3 Å². The molecule has 1 spiro atoms. The summed E-state index contributed by atoms with van der Waals surface area (Å²) in [6, 6.07) is 14.6. The monoisotopic (exact) mass is 683 g/mol. The van der Waals surface area contributed by atoms with E-state index in [-0.39, 0.29) is 35.7 Å². The van der Waals surface area contributed by atoms with Gasteiger partial charge in [0.2, 0.25) is 11.8 Å². The van der Waals surface area contributed by atoms with Crippen molar-refractivity contribution in [2.24, 2.45) is 11.8 Å². The van der Waals surface area contributed by atoms with Crippen LogP contribution in [0.5, 0.6) is 0 Å². The first kappa shape index (κ1) is 32.4. The highest BCUT2D eigenvalue weighted by molar-refractivity contribution is 9.09. The minimum atomic E-state index is -1.27. The highest BCUT2D eigenvalue weighted by Crippen LogP contribution is 2.61. The summed E-state index contributed by atoms with van der Waals surface area (Å²) < 4.78 is 6.74. The lowest BCUT2D eigenvalue weighted by Gasteiger charge is -2.39. The standard InChI is InChI=1S/C34H39BrClN3O5/c1-4-16-37(17-5-2)31(41)27-28-32(42)39(25(21-40)19-22-10-8-7-9-11-22)30(34(28)20-26(35)29(27)44-34)33(43)38(18-6-3)24-14-12-23(36)13-15-24/h4,6-15,25-30,40H,1,3,5,16-21H2,2H3/t25-,26?,27+,28+,29+,30?,34?/m1/s1. The van der Waals surface area contributed by atoms with Crippen molar-refractivity contribution >= 4 is 50.9 Å². The van der Waals surface area contributed by atoms with Gasteiger partial charge in [-0.25, -0.2) is 0 Å². The molecule has 0 aliphatic carbocycles. The lowest BCUT2D eigenvalue weighted by molar-refractivity contribution is -0.147. The highest BCUT2D eigenvalue weighted by atomic mass is 79.9. The molecule has 3 aliphatic heterocycles. The second kappa shape index (κ2) is 13.6. The van der Waals surface area contributed by atoms with Gasteiger partial charge in [-0.3, -0.25) is 14.4 Å². The summed E-state index contributed by atoms with van der Waals surface area (Å²) in [6.45, 7) is 10.4. The van der Waals surface area contributed by atoms with Crippen LogP contribution in [0.4, 0.5) is 5.69 Å². The second-order valence-corrected chi connectivity index (χ2v) is 13.3. The van der Waals surface area contributed by atoms with E-state index in [1.165, 1.54) is 4.90 Å². The van der Waals surface area contributed by atoms with Crippen molar-refractivity contribution in [3.8, 4) is 0 Å². The molecule has 5 rings (SSSR count). The SMILES string of the molecule is C=CCN(CCC)C(=O)[C@H]1[C@H]2C(=O)N([C@@H](CO)Cc3ccccc3)C(C(=O)N(CC=C)c3ccc(Cl)cc3)C23CC(Br)[C@@H]1O3. The van der Waals surface area contributed by atoms with Crippen LogP contribution >= 0.6 is 27.5 Å². The second-order valence-electron chi connectivity index (χ2n) is 11.7. The van der Waals surface area contributed by atoms with Crippen LogP contribution < -0.4 is 4.90 Å². The van der Waals surface area contributed by atoms with Crippen molar-refractivity contribution < 1.29 is 24.2 Å². The van der Waals surface area contributed by atoms with E-state index >= 15 is 0 Å². The predicted molar refractivity (Wildman–Crippen MR) is 175 cm³/mol. The molecular formula is C34H39BrClN3O5. The van der Waals surface area contributed by atoms with Crippen molar-refractivity contribution in [2.75, 3.05) is 31.1 Å². The third kappa shape index (κ3) is 5.64. The van der Waals surface area contributed by atoms with Gasteiger partial charge in [0.15, 0.2) is 0 Å². The van der Waals surface area contributed by atoms with E-state index in [0.29, 0.717) is 36.6 Å². The summed E-state index contributed by atoms with van der Waals surface area (Å²) in [5.74, 6) is -2.55. The molecule has 234 valence electrons. The molecule has 8 nitrogen and oxygen atoms in total. The van der Waals surface area contributed by atoms with E-state index in [1.54, 1.807) is 46.2 Å². The molecular weight excluding hydrogens is 646 g/mol. The summed E-state index contributed by atoms with van der Waals surface area (Å²) in [7, 11) is 0. The Balaban J connectivity index is 1.63. The van der Waals surface area contributed by atoms with E-state index in [1.807, 2.05) is 37.3 Å². The Morgan fingerprint density at radius 2 is 1.82 bits per heavy atom. The maximum atomic E-state index is 14.9. The Bertz CT molecular complexity index is 1390. The number of hydrogen-bond donors (Lipinski definition) is 1. The van der Waals surface area contributed by atoms with E-state index in [2.05, 4.69) is 29.1 Å². The summed E-state index contributed by atoms with van der Waals surface area (Å²) in [6.07, 6.45) is 4.17. The first-order valence-corrected chi connectivity index (χ1v) is 16.4. The molecule has 0 aromatic heterocycles. The minimum Gasteiger partial charge on any atom is -0.394 e. The van der Waals surface area contributed by atoms with Gasteiger partial charge in [-0.1, -0.05) is 76.9 Å². The number of likely N-dealkylation sites (tertiary alicyclic amines) is 1. The fourth-order valence-corrected chi connectivity index (χ4v) is 8.38. The van der Waals surface area contributed by atoms with Gasteiger partial charge in [0.25, 0.3) is 5.91 Å². The van der Waals surface area contributed by atoms with Gasteiger partial charge in [0, 0.05) is 35.2 Å². The van der Waals surface area contributed by atoms with E-state index in [0.717, 1.165) is 12.0 Å². The molecule has 3 saturated heterocycles. The third-order valence-corrected chi connectivity index (χ3v) is 10.1. The van der Waals surface area contributed by atoms with Gasteiger partial charge < -0.3 is 24.5 Å². The Labute approximate surface area is 272 Å². The number of hydrogen-bond acceptors (Lipinski definition) is 5. The van der Waals surface area contributed by atoms with Gasteiger partial charge in [0.1, 0.15) is 11.6 Å². The molecule has 2 aromatic rings. The Morgan fingerprint density at radius 1 is 1.14 bits per heavy atom. The van der Waals surface area contributed by atoms with Crippen LogP contribution in [-0.4, -0.2) is 87.5 Å². The van der Waals surface area contributed by atoms with Crippen LogP contribution in [0, 0.1) is 11.8 Å². The average Bonchev–Trinajstić information content (AvgIpc) is 3.62. The highest BCUT2D eigenvalue weighted by Gasteiger charge is 2.77. The minimum absolute atomic E-state index is 0.176. The smallest absolute Gasteiger partial charge is 0.253 e. The zero-order valence-corrected chi connectivity index (χ0v) is 27.2. The summed E-state index contributed by atoms with van der Waals surface area (Å²) >= 11 is 9.92. The molecule has 3 fully saturated rings. The number of benzene rings is 2. The number of nitrogens with zero attached hydrogens (tertiary/aromatic N) is 3. The molecule has 3 aliphatic rings. The number of amides is 3. The lowest BCUT2D eigenvalue weighted by Crippen LogP contribution is -2.59. The topological polar surface area (TPSA) is 90.4 Å². The third-order valence-electron chi connectivity index (χ3n) is 9.04. The number of aliphatic hydroxyl groups excluding tert-OH is 1. The molecule has 3 amide bonds. The molecule has 2 aromatic carbocycles. The van der Waals surface area contributed by atoms with E-state index < -0.39 is 35.6 Å². The van der Waals surface area contributed by atoms with Crippen molar-refractivity contribution in [3.63, 3.8) is 0 Å². The number of halogens is 2. The van der Waals surface area contributed by atoms with Crippen LogP contribution in [0.3, 0.4) is 0 Å². The molecule has 0 saturated carbocycles. The quantitative estimate of drug-likeness (QED) is 0.246. The molecule has 7 atom stereocenters. The fraction of sp³-hybridized carbons (Fsp3) is 0.441. The van der Waals surface area contributed by atoms with Crippen molar-refractivity contribution in [1.29, 1.82) is 0 Å². The number of carbonyl (C=O) groups excluding carboxylic acids is 3. The van der Waals surface area contributed by atoms with Gasteiger partial charge >= 0.3 is 0 Å². The van der Waals surface area contributed by atoms with Crippen LogP contribution in [0.15, 0.2) is 79.9 Å². The molecule has 44 heavy (non-hydrogen) atoms. The summed E-state index contributed by atoms with van der Waals surface area (Å²) in [5, 5.41) is 11.3. The summed E-state index contributed by atoms with van der Waals surface area (Å²) in [4.78, 5) is 48.3. The zero-order valence-electron chi connectivity index (χ0n) is 24.9. The number of fused-ring (bicyclic) bond motifs is 1. The van der Waals surface area contributed by atoms with Crippen molar-refractivity contribution in [2.45, 2.75) is 54.8 Å². The first-order chi connectivity index (χ1) is 21.2. The molecule has 3 heterocycles. The van der Waals surface area contributed by atoms with Crippen LogP contribution in [0.2, 0.25) is 5.02 Å². The number of rotatable bonds is 13. The van der Waals surface area contributed by atoms with Crippen LogP contribution in [0.25, 0.3) is 0 Å². The fourth-order valence-electron chi connectivity index (χ4n) is 7.31. The van der Waals surface area contributed by atoms with Gasteiger partial charge in [-0.2, -0.15) is 0 Å². The van der Waals surface area contributed by atoms with Crippen LogP contribution in [0.1, 0.15) is 25.3 Å². The van der Waals surface area contributed by atoms with Gasteiger partial charge in [-0.15, -0.1) is 13.2 Å². The molecule has 2 bridgehead atoms. The first-order valence-electron chi connectivity index (χ1n) is 15.1.